The lowest BCUT2D eigenvalue weighted by Crippen LogP contribution is -2.36. The maximum atomic E-state index is 12.1. The van der Waals surface area contributed by atoms with Crippen LogP contribution in [0.4, 0.5) is 0 Å². The fourth-order valence-corrected chi connectivity index (χ4v) is 3.10. The topological polar surface area (TPSA) is 69.6 Å². The van der Waals surface area contributed by atoms with E-state index in [9.17, 15) is 9.59 Å². The standard InChI is InChI=1S/C14H24N2O3/c17-13(5-4-12-3-1-2-7-15-12)16-8-6-11(10-16)9-14(18)19/h11-12,15H,1-10H2,(H,18,19). The van der Waals surface area contributed by atoms with Gasteiger partial charge in [-0.05, 0) is 38.1 Å². The summed E-state index contributed by atoms with van der Waals surface area (Å²) in [4.78, 5) is 24.6. The molecule has 0 aromatic carbocycles. The first-order valence-electron chi connectivity index (χ1n) is 7.38. The van der Waals surface area contributed by atoms with Gasteiger partial charge in [0.05, 0.1) is 0 Å². The number of hydrogen-bond donors (Lipinski definition) is 2. The normalized spacial score (nSPS) is 27.5. The number of carboxylic acid groups (broad SMARTS) is 1. The van der Waals surface area contributed by atoms with Crippen molar-refractivity contribution >= 4 is 11.9 Å². The third-order valence-electron chi connectivity index (χ3n) is 4.22. The highest BCUT2D eigenvalue weighted by molar-refractivity contribution is 5.76. The van der Waals surface area contributed by atoms with E-state index in [-0.39, 0.29) is 18.2 Å². The first kappa shape index (κ1) is 14.3. The molecule has 0 aromatic heterocycles. The second-order valence-electron chi connectivity index (χ2n) is 5.78. The molecule has 0 saturated carbocycles. The van der Waals surface area contributed by atoms with E-state index in [0.29, 0.717) is 19.0 Å². The predicted octanol–water partition coefficient (Wildman–Crippen LogP) is 1.23. The Labute approximate surface area is 114 Å². The summed E-state index contributed by atoms with van der Waals surface area (Å²) in [5, 5.41) is 12.2. The maximum absolute atomic E-state index is 12.1. The molecule has 2 saturated heterocycles. The number of carbonyl (C=O) groups excluding carboxylic acids is 1. The summed E-state index contributed by atoms with van der Waals surface area (Å²) in [6.07, 6.45) is 6.21. The molecule has 2 N–H and O–H groups in total. The minimum Gasteiger partial charge on any atom is -0.481 e. The zero-order chi connectivity index (χ0) is 13.7. The Kier molecular flexibility index (Phi) is 5.19. The Morgan fingerprint density at radius 2 is 2.11 bits per heavy atom. The van der Waals surface area contributed by atoms with Gasteiger partial charge in [-0.25, -0.2) is 0 Å². The van der Waals surface area contributed by atoms with Crippen molar-refractivity contribution in [1.82, 2.24) is 10.2 Å². The van der Waals surface area contributed by atoms with Crippen LogP contribution in [0.3, 0.4) is 0 Å². The maximum Gasteiger partial charge on any atom is 0.303 e. The third kappa shape index (κ3) is 4.49. The van der Waals surface area contributed by atoms with E-state index >= 15 is 0 Å². The molecule has 5 heteroatoms. The molecule has 0 aliphatic carbocycles. The molecule has 0 spiro atoms. The average Bonchev–Trinajstić information content (AvgIpc) is 2.85. The van der Waals surface area contributed by atoms with Crippen molar-refractivity contribution in [2.75, 3.05) is 19.6 Å². The number of hydrogen-bond acceptors (Lipinski definition) is 3. The van der Waals surface area contributed by atoms with Crippen molar-refractivity contribution in [3.05, 3.63) is 0 Å². The van der Waals surface area contributed by atoms with Crippen LogP contribution in [0, 0.1) is 5.92 Å². The molecule has 2 heterocycles. The number of amides is 1. The van der Waals surface area contributed by atoms with E-state index in [2.05, 4.69) is 5.32 Å². The Hall–Kier alpha value is -1.10. The Morgan fingerprint density at radius 3 is 2.79 bits per heavy atom. The Bertz CT molecular complexity index is 327. The third-order valence-corrected chi connectivity index (χ3v) is 4.22. The SMILES string of the molecule is O=C(O)CC1CCN(C(=O)CCC2CCCCN2)C1. The van der Waals surface area contributed by atoms with Gasteiger partial charge in [0, 0.05) is 32.0 Å². The van der Waals surface area contributed by atoms with Crippen molar-refractivity contribution in [3.8, 4) is 0 Å². The molecule has 0 radical (unpaired) electrons. The summed E-state index contributed by atoms with van der Waals surface area (Å²) in [5.74, 6) is -0.416. The van der Waals surface area contributed by atoms with E-state index in [1.165, 1.54) is 19.3 Å². The van der Waals surface area contributed by atoms with Gasteiger partial charge in [0.2, 0.25) is 5.91 Å². The minimum absolute atomic E-state index is 0.147. The number of piperidine rings is 1. The molecule has 2 unspecified atom stereocenters. The van der Waals surface area contributed by atoms with Gasteiger partial charge in [0.1, 0.15) is 0 Å². The molecule has 108 valence electrons. The van der Waals surface area contributed by atoms with Crippen LogP contribution in [0.15, 0.2) is 0 Å². The number of carboxylic acids is 1. The molecular weight excluding hydrogens is 244 g/mol. The highest BCUT2D eigenvalue weighted by atomic mass is 16.4. The van der Waals surface area contributed by atoms with E-state index in [1.807, 2.05) is 4.90 Å². The van der Waals surface area contributed by atoms with E-state index in [0.717, 1.165) is 25.9 Å². The van der Waals surface area contributed by atoms with Crippen LogP contribution >= 0.6 is 0 Å². The molecule has 5 nitrogen and oxygen atoms in total. The van der Waals surface area contributed by atoms with Crippen LogP contribution in [0.5, 0.6) is 0 Å². The summed E-state index contributed by atoms with van der Waals surface area (Å²) < 4.78 is 0. The fourth-order valence-electron chi connectivity index (χ4n) is 3.10. The summed E-state index contributed by atoms with van der Waals surface area (Å²) in [6, 6.07) is 0.495. The molecular formula is C14H24N2O3. The molecule has 2 aliphatic rings. The Balaban J connectivity index is 1.67. The monoisotopic (exact) mass is 268 g/mol. The van der Waals surface area contributed by atoms with Gasteiger partial charge in [-0.1, -0.05) is 6.42 Å². The Morgan fingerprint density at radius 1 is 1.26 bits per heavy atom. The van der Waals surface area contributed by atoms with Crippen molar-refractivity contribution < 1.29 is 14.7 Å². The average molecular weight is 268 g/mol. The fraction of sp³-hybridized carbons (Fsp3) is 0.857. The quantitative estimate of drug-likeness (QED) is 0.787. The van der Waals surface area contributed by atoms with Gasteiger partial charge in [0.15, 0.2) is 0 Å². The molecule has 19 heavy (non-hydrogen) atoms. The van der Waals surface area contributed by atoms with Gasteiger partial charge in [0.25, 0.3) is 0 Å². The molecule has 1 amide bonds. The number of likely N-dealkylation sites (tertiary alicyclic amines) is 1. The van der Waals surface area contributed by atoms with Crippen LogP contribution in [-0.4, -0.2) is 47.6 Å². The molecule has 2 atom stereocenters. The highest BCUT2D eigenvalue weighted by Crippen LogP contribution is 2.21. The predicted molar refractivity (Wildman–Crippen MR) is 71.8 cm³/mol. The van der Waals surface area contributed by atoms with Gasteiger partial charge < -0.3 is 15.3 Å². The number of carbonyl (C=O) groups is 2. The zero-order valence-corrected chi connectivity index (χ0v) is 11.4. The number of nitrogens with zero attached hydrogens (tertiary/aromatic N) is 1. The summed E-state index contributed by atoms with van der Waals surface area (Å²) in [7, 11) is 0. The second kappa shape index (κ2) is 6.89. The lowest BCUT2D eigenvalue weighted by molar-refractivity contribution is -0.138. The van der Waals surface area contributed by atoms with Gasteiger partial charge in [-0.2, -0.15) is 0 Å². The number of nitrogens with one attached hydrogen (secondary N) is 1. The largest absolute Gasteiger partial charge is 0.481 e. The van der Waals surface area contributed by atoms with Crippen LogP contribution in [0.2, 0.25) is 0 Å². The van der Waals surface area contributed by atoms with Gasteiger partial charge >= 0.3 is 5.97 Å². The number of rotatable bonds is 5. The summed E-state index contributed by atoms with van der Waals surface area (Å²) >= 11 is 0. The van der Waals surface area contributed by atoms with Crippen molar-refractivity contribution in [1.29, 1.82) is 0 Å². The van der Waals surface area contributed by atoms with Crippen LogP contribution in [-0.2, 0) is 9.59 Å². The van der Waals surface area contributed by atoms with Gasteiger partial charge in [-0.15, -0.1) is 0 Å². The smallest absolute Gasteiger partial charge is 0.303 e. The molecule has 2 fully saturated rings. The van der Waals surface area contributed by atoms with Crippen LogP contribution in [0.25, 0.3) is 0 Å². The summed E-state index contributed by atoms with van der Waals surface area (Å²) in [5.41, 5.74) is 0. The molecule has 0 aromatic rings. The molecule has 2 aliphatic heterocycles. The van der Waals surface area contributed by atoms with Crippen molar-refractivity contribution in [2.24, 2.45) is 5.92 Å². The van der Waals surface area contributed by atoms with Gasteiger partial charge in [-0.3, -0.25) is 9.59 Å². The van der Waals surface area contributed by atoms with E-state index in [4.69, 9.17) is 5.11 Å². The first-order valence-corrected chi connectivity index (χ1v) is 7.38. The lowest BCUT2D eigenvalue weighted by Gasteiger charge is -2.24. The highest BCUT2D eigenvalue weighted by Gasteiger charge is 2.27. The van der Waals surface area contributed by atoms with E-state index in [1.54, 1.807) is 0 Å². The molecule has 0 bridgehead atoms. The second-order valence-corrected chi connectivity index (χ2v) is 5.78. The van der Waals surface area contributed by atoms with E-state index < -0.39 is 5.97 Å². The number of aliphatic carboxylic acids is 1. The first-order chi connectivity index (χ1) is 9.15. The summed E-state index contributed by atoms with van der Waals surface area (Å²) in [6.45, 7) is 2.43. The van der Waals surface area contributed by atoms with Crippen molar-refractivity contribution in [3.63, 3.8) is 0 Å². The lowest BCUT2D eigenvalue weighted by atomic mass is 10.0. The van der Waals surface area contributed by atoms with Crippen LogP contribution < -0.4 is 5.32 Å². The zero-order valence-electron chi connectivity index (χ0n) is 11.4. The van der Waals surface area contributed by atoms with Crippen LogP contribution in [0.1, 0.15) is 44.9 Å². The minimum atomic E-state index is -0.759. The molecule has 2 rings (SSSR count). The van der Waals surface area contributed by atoms with Crippen molar-refractivity contribution in [2.45, 2.75) is 51.0 Å².